The first-order chi connectivity index (χ1) is 4.54. The van der Waals surface area contributed by atoms with Crippen molar-refractivity contribution in [3.63, 3.8) is 0 Å². The molecule has 0 aromatic heterocycles. The summed E-state index contributed by atoms with van der Waals surface area (Å²) >= 11 is 4.91. The first kappa shape index (κ1) is 9.03. The van der Waals surface area contributed by atoms with Crippen LogP contribution in [0.2, 0.25) is 0 Å². The zero-order valence-corrected chi connectivity index (χ0v) is 10.4. The summed E-state index contributed by atoms with van der Waals surface area (Å²) in [6.45, 7) is 4.54. The summed E-state index contributed by atoms with van der Waals surface area (Å²) in [6, 6.07) is 0. The lowest BCUT2D eigenvalue weighted by Gasteiger charge is -2.28. The molecule has 0 aromatic carbocycles. The Hall–Kier alpha value is 0.940. The number of halogens is 2. The van der Waals surface area contributed by atoms with Crippen molar-refractivity contribution in [3.8, 4) is 0 Å². The average molecular weight is 360 g/mol. The van der Waals surface area contributed by atoms with E-state index in [-0.39, 0.29) is 0 Å². The molecule has 2 heteroatoms. The van der Waals surface area contributed by atoms with Gasteiger partial charge in [-0.05, 0) is 33.1 Å². The van der Waals surface area contributed by atoms with E-state index in [2.05, 4.69) is 77.3 Å². The Morgan fingerprint density at radius 2 is 2.20 bits per heavy atom. The number of hydrogen-bond acceptors (Lipinski definition) is 0. The average Bonchev–Trinajstić information content (AvgIpc) is 1.83. The third kappa shape index (κ3) is 1.75. The fraction of sp³-hybridized carbons (Fsp3) is 0.500. The van der Waals surface area contributed by atoms with Crippen molar-refractivity contribution in [2.75, 3.05) is 0 Å². The Kier molecular flexibility index (Phi) is 2.82. The highest BCUT2D eigenvalue weighted by Gasteiger charge is 2.28. The normalized spacial score (nSPS) is 39.6. The maximum absolute atomic E-state index is 2.50. The molecule has 0 saturated carbocycles. The molecule has 2 atom stereocenters. The minimum Gasteiger partial charge on any atom is -0.0739 e. The highest BCUT2D eigenvalue weighted by molar-refractivity contribution is 14.1. The molecule has 0 amide bonds. The summed E-state index contributed by atoms with van der Waals surface area (Å²) in [5.74, 6) is 0.665. The summed E-state index contributed by atoms with van der Waals surface area (Å²) in [5.41, 5.74) is 0. The minimum absolute atomic E-state index is 0.322. The maximum atomic E-state index is 2.50. The molecule has 0 aliphatic heterocycles. The van der Waals surface area contributed by atoms with E-state index in [1.165, 1.54) is 3.58 Å². The van der Waals surface area contributed by atoms with Crippen molar-refractivity contribution >= 4 is 45.2 Å². The zero-order chi connectivity index (χ0) is 7.78. The van der Waals surface area contributed by atoms with E-state index in [9.17, 15) is 0 Å². The van der Waals surface area contributed by atoms with Crippen LogP contribution in [0.5, 0.6) is 0 Å². The van der Waals surface area contributed by atoms with Gasteiger partial charge in [0.15, 0.2) is 0 Å². The molecule has 1 aliphatic carbocycles. The predicted octanol–water partition coefficient (Wildman–Crippen LogP) is 3.70. The lowest BCUT2D eigenvalue weighted by molar-refractivity contribution is 0.622. The van der Waals surface area contributed by atoms with Gasteiger partial charge in [-0.1, -0.05) is 47.7 Å². The summed E-state index contributed by atoms with van der Waals surface area (Å²) in [7, 11) is 0. The van der Waals surface area contributed by atoms with E-state index in [0.717, 1.165) is 0 Å². The van der Waals surface area contributed by atoms with Gasteiger partial charge in [0.05, 0.1) is 0 Å². The van der Waals surface area contributed by atoms with Crippen LogP contribution < -0.4 is 0 Å². The fourth-order valence-corrected chi connectivity index (χ4v) is 2.88. The van der Waals surface area contributed by atoms with Crippen LogP contribution >= 0.6 is 45.2 Å². The molecule has 0 aromatic rings. The standard InChI is InChI=1S/C8H10I2/c1-6-7(9)4-3-5-8(6,2)10/h3-6H,1-2H3. The minimum atomic E-state index is 0.322. The highest BCUT2D eigenvalue weighted by atomic mass is 127. The van der Waals surface area contributed by atoms with E-state index >= 15 is 0 Å². The third-order valence-corrected chi connectivity index (χ3v) is 4.53. The van der Waals surface area contributed by atoms with Crippen LogP contribution in [0.25, 0.3) is 0 Å². The van der Waals surface area contributed by atoms with Crippen molar-refractivity contribution in [2.24, 2.45) is 5.92 Å². The molecule has 1 rings (SSSR count). The SMILES string of the molecule is CC1C(I)=CC=CC1(C)I. The summed E-state index contributed by atoms with van der Waals surface area (Å²) in [5, 5.41) is 0. The second-order valence-electron chi connectivity index (χ2n) is 2.78. The van der Waals surface area contributed by atoms with Crippen LogP contribution in [0.3, 0.4) is 0 Å². The van der Waals surface area contributed by atoms with Gasteiger partial charge in [-0.2, -0.15) is 0 Å². The van der Waals surface area contributed by atoms with E-state index in [4.69, 9.17) is 0 Å². The zero-order valence-electron chi connectivity index (χ0n) is 6.07. The molecule has 0 radical (unpaired) electrons. The van der Waals surface area contributed by atoms with Gasteiger partial charge in [-0.25, -0.2) is 0 Å². The Balaban J connectivity index is 2.89. The molecular formula is C8H10I2. The lowest BCUT2D eigenvalue weighted by Crippen LogP contribution is -2.24. The molecule has 10 heavy (non-hydrogen) atoms. The molecule has 0 bridgehead atoms. The molecule has 0 fully saturated rings. The van der Waals surface area contributed by atoms with Crippen LogP contribution in [-0.2, 0) is 0 Å². The first-order valence-corrected chi connectivity index (χ1v) is 5.43. The highest BCUT2D eigenvalue weighted by Crippen LogP contribution is 2.39. The summed E-state index contributed by atoms with van der Waals surface area (Å²) < 4.78 is 1.78. The van der Waals surface area contributed by atoms with Crippen molar-refractivity contribution in [3.05, 3.63) is 21.8 Å². The molecule has 56 valence electrons. The third-order valence-electron chi connectivity index (χ3n) is 1.94. The van der Waals surface area contributed by atoms with Gasteiger partial charge < -0.3 is 0 Å². The largest absolute Gasteiger partial charge is 0.0739 e. The Labute approximate surface area is 89.4 Å². The van der Waals surface area contributed by atoms with Crippen LogP contribution in [0.1, 0.15) is 13.8 Å². The molecule has 0 N–H and O–H groups in total. The molecule has 2 unspecified atom stereocenters. The molecule has 0 spiro atoms. The maximum Gasteiger partial charge on any atom is 0.0446 e. The lowest BCUT2D eigenvalue weighted by atomic mass is 9.92. The van der Waals surface area contributed by atoms with Gasteiger partial charge in [0.2, 0.25) is 0 Å². The molecule has 1 aliphatic rings. The van der Waals surface area contributed by atoms with E-state index in [0.29, 0.717) is 9.34 Å². The van der Waals surface area contributed by atoms with Crippen molar-refractivity contribution < 1.29 is 0 Å². The molecule has 0 heterocycles. The van der Waals surface area contributed by atoms with Crippen LogP contribution in [0.15, 0.2) is 21.8 Å². The van der Waals surface area contributed by atoms with E-state index in [1.807, 2.05) is 0 Å². The molecule has 0 nitrogen and oxygen atoms in total. The second-order valence-corrected chi connectivity index (χ2v) is 6.35. The molecular weight excluding hydrogens is 350 g/mol. The Morgan fingerprint density at radius 3 is 2.60 bits per heavy atom. The van der Waals surface area contributed by atoms with Gasteiger partial charge in [0.25, 0.3) is 0 Å². The predicted molar refractivity (Wildman–Crippen MR) is 62.8 cm³/mol. The quantitative estimate of drug-likeness (QED) is 0.457. The Morgan fingerprint density at radius 1 is 1.60 bits per heavy atom. The van der Waals surface area contributed by atoms with Crippen molar-refractivity contribution in [2.45, 2.75) is 17.3 Å². The van der Waals surface area contributed by atoms with Gasteiger partial charge in [-0.3, -0.25) is 0 Å². The van der Waals surface area contributed by atoms with Gasteiger partial charge >= 0.3 is 0 Å². The number of rotatable bonds is 0. The first-order valence-electron chi connectivity index (χ1n) is 3.28. The van der Waals surface area contributed by atoms with Crippen LogP contribution in [-0.4, -0.2) is 3.42 Å². The smallest absolute Gasteiger partial charge is 0.0446 e. The van der Waals surface area contributed by atoms with Crippen molar-refractivity contribution in [1.29, 1.82) is 0 Å². The molecule has 0 saturated heterocycles. The number of alkyl halides is 1. The summed E-state index contributed by atoms with van der Waals surface area (Å²) in [4.78, 5) is 0. The second kappa shape index (κ2) is 3.13. The number of allylic oxidation sites excluding steroid dienone is 4. The number of hydrogen-bond donors (Lipinski definition) is 0. The van der Waals surface area contributed by atoms with E-state index in [1.54, 1.807) is 0 Å². The fourth-order valence-electron chi connectivity index (χ4n) is 0.886. The monoisotopic (exact) mass is 360 g/mol. The topological polar surface area (TPSA) is 0 Å². The van der Waals surface area contributed by atoms with Gasteiger partial charge in [0, 0.05) is 9.34 Å². The van der Waals surface area contributed by atoms with Crippen molar-refractivity contribution in [1.82, 2.24) is 0 Å². The Bertz CT molecular complexity index is 189. The van der Waals surface area contributed by atoms with E-state index < -0.39 is 0 Å². The van der Waals surface area contributed by atoms with Gasteiger partial charge in [-0.15, -0.1) is 0 Å². The summed E-state index contributed by atoms with van der Waals surface area (Å²) in [6.07, 6.45) is 6.60. The van der Waals surface area contributed by atoms with Crippen LogP contribution in [0, 0.1) is 5.92 Å². The van der Waals surface area contributed by atoms with Gasteiger partial charge in [0.1, 0.15) is 0 Å². The van der Waals surface area contributed by atoms with Crippen LogP contribution in [0.4, 0.5) is 0 Å².